The summed E-state index contributed by atoms with van der Waals surface area (Å²) in [5.41, 5.74) is 6.28. The van der Waals surface area contributed by atoms with Crippen LogP contribution in [0, 0.1) is 0 Å². The molecule has 0 amide bonds. The molecule has 0 saturated heterocycles. The highest BCUT2D eigenvalue weighted by molar-refractivity contribution is 5.08. The molecule has 0 aliphatic rings. The van der Waals surface area contributed by atoms with Crippen LogP contribution in [0.4, 0.5) is 13.2 Å². The van der Waals surface area contributed by atoms with Crippen molar-refractivity contribution in [3.63, 3.8) is 0 Å². The fourth-order valence-corrected chi connectivity index (χ4v) is 1.40. The molecule has 0 fully saturated rings. The number of alkyl halides is 3. The minimum absolute atomic E-state index is 0.0380. The fraction of sp³-hybridized carbons (Fsp3) is 0.700. The van der Waals surface area contributed by atoms with E-state index in [1.54, 1.807) is 24.1 Å². The fourth-order valence-electron chi connectivity index (χ4n) is 1.40. The van der Waals surface area contributed by atoms with Crippen LogP contribution in [0.25, 0.3) is 0 Å². The second-order valence-corrected chi connectivity index (χ2v) is 3.76. The van der Waals surface area contributed by atoms with Crippen LogP contribution in [0.1, 0.15) is 24.5 Å². The first kappa shape index (κ1) is 14.0. The van der Waals surface area contributed by atoms with E-state index in [4.69, 9.17) is 10.5 Å². The van der Waals surface area contributed by atoms with Gasteiger partial charge >= 0.3 is 6.18 Å². The number of ether oxygens (including phenoxy) is 1. The lowest BCUT2D eigenvalue weighted by atomic mass is 10.2. The van der Waals surface area contributed by atoms with Crippen molar-refractivity contribution < 1.29 is 17.9 Å². The van der Waals surface area contributed by atoms with E-state index in [0.717, 1.165) is 5.56 Å². The van der Waals surface area contributed by atoms with E-state index < -0.39 is 18.7 Å². The van der Waals surface area contributed by atoms with Gasteiger partial charge in [0.2, 0.25) is 0 Å². The molecule has 17 heavy (non-hydrogen) atoms. The summed E-state index contributed by atoms with van der Waals surface area (Å²) < 4.78 is 42.6. The predicted molar refractivity (Wildman–Crippen MR) is 56.2 cm³/mol. The van der Waals surface area contributed by atoms with Gasteiger partial charge in [0.05, 0.1) is 12.3 Å². The number of nitrogens with zero attached hydrogens (tertiary/aromatic N) is 2. The van der Waals surface area contributed by atoms with Crippen molar-refractivity contribution in [1.29, 1.82) is 0 Å². The number of hydrogen-bond acceptors (Lipinski definition) is 3. The van der Waals surface area contributed by atoms with Gasteiger partial charge in [-0.15, -0.1) is 0 Å². The number of halogens is 3. The maximum Gasteiger partial charge on any atom is 0.389 e. The van der Waals surface area contributed by atoms with E-state index in [9.17, 15) is 13.2 Å². The number of nitrogens with two attached hydrogens (primary N) is 1. The molecule has 0 radical (unpaired) electrons. The van der Waals surface area contributed by atoms with Crippen LogP contribution in [0.5, 0.6) is 0 Å². The molecule has 1 aromatic heterocycles. The Morgan fingerprint density at radius 1 is 1.53 bits per heavy atom. The third kappa shape index (κ3) is 5.18. The van der Waals surface area contributed by atoms with Crippen LogP contribution in [0.15, 0.2) is 12.4 Å². The van der Waals surface area contributed by atoms with Crippen molar-refractivity contribution in [2.75, 3.05) is 13.2 Å². The summed E-state index contributed by atoms with van der Waals surface area (Å²) in [6.45, 7) is 0.258. The maximum atomic E-state index is 11.9. The van der Waals surface area contributed by atoms with Crippen molar-refractivity contribution in [2.24, 2.45) is 12.8 Å². The van der Waals surface area contributed by atoms with Gasteiger partial charge in [-0.3, -0.25) is 4.68 Å². The quantitative estimate of drug-likeness (QED) is 0.784. The number of rotatable bonds is 6. The minimum atomic E-state index is -4.13. The standard InChI is InChI=1S/C10H16F3N3O/c1-16-7-8(6-15-16)9(5-14)17-4-2-3-10(11,12)13/h6-7,9H,2-5,14H2,1H3. The van der Waals surface area contributed by atoms with E-state index in [0.29, 0.717) is 0 Å². The van der Waals surface area contributed by atoms with E-state index >= 15 is 0 Å². The Hall–Kier alpha value is -1.08. The highest BCUT2D eigenvalue weighted by atomic mass is 19.4. The van der Waals surface area contributed by atoms with E-state index in [1.165, 1.54) is 0 Å². The smallest absolute Gasteiger partial charge is 0.372 e. The van der Waals surface area contributed by atoms with Crippen LogP contribution in [-0.2, 0) is 11.8 Å². The zero-order chi connectivity index (χ0) is 12.9. The number of hydrogen-bond donors (Lipinski definition) is 1. The lowest BCUT2D eigenvalue weighted by Gasteiger charge is -2.14. The van der Waals surface area contributed by atoms with Crippen LogP contribution >= 0.6 is 0 Å². The molecule has 1 aromatic rings. The second kappa shape index (κ2) is 6.02. The summed E-state index contributed by atoms with van der Waals surface area (Å²) in [6, 6.07) is 0. The molecule has 1 rings (SSSR count). The highest BCUT2D eigenvalue weighted by Crippen LogP contribution is 2.22. The second-order valence-electron chi connectivity index (χ2n) is 3.76. The molecule has 0 aliphatic heterocycles. The van der Waals surface area contributed by atoms with Crippen molar-refractivity contribution in [3.05, 3.63) is 18.0 Å². The molecule has 4 nitrogen and oxygen atoms in total. The third-order valence-corrected chi connectivity index (χ3v) is 2.23. The average Bonchev–Trinajstić information content (AvgIpc) is 2.63. The van der Waals surface area contributed by atoms with Gasteiger partial charge in [-0.2, -0.15) is 18.3 Å². The van der Waals surface area contributed by atoms with Gasteiger partial charge in [0, 0.05) is 38.4 Å². The Morgan fingerprint density at radius 2 is 2.24 bits per heavy atom. The molecule has 2 N–H and O–H groups in total. The topological polar surface area (TPSA) is 53.1 Å². The van der Waals surface area contributed by atoms with Gasteiger partial charge in [-0.1, -0.05) is 0 Å². The molecule has 0 bridgehead atoms. The first-order valence-electron chi connectivity index (χ1n) is 5.29. The summed E-state index contributed by atoms with van der Waals surface area (Å²) in [5, 5.41) is 3.95. The van der Waals surface area contributed by atoms with Crippen LogP contribution in [0.2, 0.25) is 0 Å². The molecule has 0 aromatic carbocycles. The average molecular weight is 251 g/mol. The Kier molecular flexibility index (Phi) is 4.95. The van der Waals surface area contributed by atoms with Gasteiger partial charge in [-0.05, 0) is 6.42 Å². The van der Waals surface area contributed by atoms with Crippen molar-refractivity contribution in [1.82, 2.24) is 9.78 Å². The summed E-state index contributed by atoms with van der Waals surface area (Å²) in [5.74, 6) is 0. The molecule has 98 valence electrons. The van der Waals surface area contributed by atoms with Crippen molar-refractivity contribution in [3.8, 4) is 0 Å². The Morgan fingerprint density at radius 3 is 2.71 bits per heavy atom. The summed E-state index contributed by atoms with van der Waals surface area (Å²) in [4.78, 5) is 0. The molecular formula is C10H16F3N3O. The van der Waals surface area contributed by atoms with Gasteiger partial charge in [0.15, 0.2) is 0 Å². The SMILES string of the molecule is Cn1cc(C(CN)OCCCC(F)(F)F)cn1. The largest absolute Gasteiger partial charge is 0.389 e. The zero-order valence-corrected chi connectivity index (χ0v) is 9.57. The van der Waals surface area contributed by atoms with Gasteiger partial charge in [0.1, 0.15) is 0 Å². The van der Waals surface area contributed by atoms with E-state index in [2.05, 4.69) is 5.10 Å². The molecule has 1 unspecified atom stereocenters. The Bertz CT molecular complexity index is 338. The minimum Gasteiger partial charge on any atom is -0.372 e. The highest BCUT2D eigenvalue weighted by Gasteiger charge is 2.26. The normalized spacial score (nSPS) is 13.9. The summed E-state index contributed by atoms with van der Waals surface area (Å²) in [7, 11) is 1.75. The molecular weight excluding hydrogens is 235 g/mol. The third-order valence-electron chi connectivity index (χ3n) is 2.23. The van der Waals surface area contributed by atoms with Gasteiger partial charge in [0.25, 0.3) is 0 Å². The van der Waals surface area contributed by atoms with Crippen molar-refractivity contribution >= 4 is 0 Å². The van der Waals surface area contributed by atoms with Crippen LogP contribution in [-0.4, -0.2) is 29.1 Å². The first-order chi connectivity index (χ1) is 7.92. The molecule has 0 aliphatic carbocycles. The molecule has 0 spiro atoms. The van der Waals surface area contributed by atoms with Crippen molar-refractivity contribution in [2.45, 2.75) is 25.1 Å². The lowest BCUT2D eigenvalue weighted by molar-refractivity contribution is -0.138. The predicted octanol–water partition coefficient (Wildman–Crippen LogP) is 1.78. The summed E-state index contributed by atoms with van der Waals surface area (Å²) >= 11 is 0. The van der Waals surface area contributed by atoms with E-state index in [1.807, 2.05) is 0 Å². The number of aromatic nitrogens is 2. The van der Waals surface area contributed by atoms with Gasteiger partial charge in [-0.25, -0.2) is 0 Å². The molecule has 0 saturated carbocycles. The Balaban J connectivity index is 2.33. The van der Waals surface area contributed by atoms with E-state index in [-0.39, 0.29) is 19.6 Å². The van der Waals surface area contributed by atoms with Crippen LogP contribution in [0.3, 0.4) is 0 Å². The zero-order valence-electron chi connectivity index (χ0n) is 9.57. The molecule has 1 heterocycles. The molecule has 7 heteroatoms. The summed E-state index contributed by atoms with van der Waals surface area (Å²) in [6.07, 6.45) is -2.08. The number of aryl methyl sites for hydroxylation is 1. The molecule has 1 atom stereocenters. The first-order valence-corrected chi connectivity index (χ1v) is 5.29. The monoisotopic (exact) mass is 251 g/mol. The maximum absolute atomic E-state index is 11.9. The van der Waals surface area contributed by atoms with Gasteiger partial charge < -0.3 is 10.5 Å². The lowest BCUT2D eigenvalue weighted by Crippen LogP contribution is -2.17. The van der Waals surface area contributed by atoms with Crippen LogP contribution < -0.4 is 5.73 Å². The Labute approximate surface area is 97.5 Å².